The first kappa shape index (κ1) is 21.6. The van der Waals surface area contributed by atoms with Crippen molar-refractivity contribution in [3.8, 4) is 0 Å². The van der Waals surface area contributed by atoms with Gasteiger partial charge >= 0.3 is 0 Å². The van der Waals surface area contributed by atoms with Gasteiger partial charge in [-0.3, -0.25) is 25.2 Å². The number of hydrogen-bond acceptors (Lipinski definition) is 4. The average molecular weight is 464 g/mol. The number of halogens is 2. The van der Waals surface area contributed by atoms with Crippen molar-refractivity contribution in [2.24, 2.45) is 0 Å². The maximum absolute atomic E-state index is 12.6. The number of sulfonamides is 1. The number of carbonyl (C=O) groups excluding carboxylic acids is 2. The van der Waals surface area contributed by atoms with Crippen molar-refractivity contribution in [2.45, 2.75) is 4.90 Å². The van der Waals surface area contributed by atoms with E-state index in [0.717, 1.165) is 0 Å². The highest BCUT2D eigenvalue weighted by atomic mass is 35.5. The molecule has 0 saturated heterocycles. The molecule has 0 aliphatic carbocycles. The Hall–Kier alpha value is -3.07. The Morgan fingerprint density at radius 1 is 0.767 bits per heavy atom. The van der Waals surface area contributed by atoms with E-state index in [2.05, 4.69) is 15.6 Å². The third-order valence-corrected chi connectivity index (χ3v) is 5.87. The lowest BCUT2D eigenvalue weighted by Crippen LogP contribution is -2.41. The monoisotopic (exact) mass is 463 g/mol. The number of anilines is 1. The minimum absolute atomic E-state index is 0.0356. The maximum atomic E-state index is 12.6. The summed E-state index contributed by atoms with van der Waals surface area (Å²) in [5, 5.41) is 0.695. The molecule has 0 heterocycles. The fourth-order valence-electron chi connectivity index (χ4n) is 2.43. The van der Waals surface area contributed by atoms with Crippen LogP contribution in [0.2, 0.25) is 10.0 Å². The van der Waals surface area contributed by atoms with Crippen molar-refractivity contribution >= 4 is 50.7 Å². The van der Waals surface area contributed by atoms with Crippen LogP contribution in [0.5, 0.6) is 0 Å². The van der Waals surface area contributed by atoms with Crippen LogP contribution in [0.1, 0.15) is 20.7 Å². The molecule has 0 aliphatic rings. The van der Waals surface area contributed by atoms with Crippen LogP contribution in [0.4, 0.5) is 5.69 Å². The van der Waals surface area contributed by atoms with Gasteiger partial charge < -0.3 is 0 Å². The van der Waals surface area contributed by atoms with Crippen molar-refractivity contribution in [3.63, 3.8) is 0 Å². The molecular weight excluding hydrogens is 449 g/mol. The van der Waals surface area contributed by atoms with E-state index in [1.807, 2.05) is 0 Å². The summed E-state index contributed by atoms with van der Waals surface area (Å²) in [4.78, 5) is 24.4. The van der Waals surface area contributed by atoms with Crippen LogP contribution < -0.4 is 15.6 Å². The second-order valence-corrected chi connectivity index (χ2v) is 8.55. The summed E-state index contributed by atoms with van der Waals surface area (Å²) in [6, 6.07) is 17.8. The van der Waals surface area contributed by atoms with Crippen LogP contribution in [0, 0.1) is 0 Å². The van der Waals surface area contributed by atoms with Gasteiger partial charge in [0.05, 0.1) is 15.5 Å². The van der Waals surface area contributed by atoms with Crippen LogP contribution in [-0.2, 0) is 10.0 Å². The Kier molecular flexibility index (Phi) is 6.61. The minimum atomic E-state index is -3.94. The molecule has 0 unspecified atom stereocenters. The SMILES string of the molecule is O=C(NNC(=O)c1ccccc1Cl)c1cccc(S(=O)(=O)Nc2ccc(Cl)cc2)c1. The normalized spacial score (nSPS) is 10.9. The lowest BCUT2D eigenvalue weighted by atomic mass is 10.2. The summed E-state index contributed by atoms with van der Waals surface area (Å²) in [6.07, 6.45) is 0. The molecule has 2 amide bonds. The third-order valence-electron chi connectivity index (χ3n) is 3.91. The fourth-order valence-corrected chi connectivity index (χ4v) is 3.89. The summed E-state index contributed by atoms with van der Waals surface area (Å²) in [7, 11) is -3.94. The van der Waals surface area contributed by atoms with Crippen molar-refractivity contribution in [2.75, 3.05) is 4.72 Å². The van der Waals surface area contributed by atoms with E-state index in [-0.39, 0.29) is 21.0 Å². The molecule has 3 aromatic rings. The minimum Gasteiger partial charge on any atom is -0.280 e. The van der Waals surface area contributed by atoms with Gasteiger partial charge in [0.15, 0.2) is 0 Å². The van der Waals surface area contributed by atoms with E-state index in [1.165, 1.54) is 42.5 Å². The Labute approximate surface area is 183 Å². The van der Waals surface area contributed by atoms with Gasteiger partial charge in [-0.2, -0.15) is 0 Å². The lowest BCUT2D eigenvalue weighted by Gasteiger charge is -2.11. The molecule has 3 rings (SSSR count). The quantitative estimate of drug-likeness (QED) is 0.499. The molecule has 0 atom stereocenters. The summed E-state index contributed by atoms with van der Waals surface area (Å²) in [5.41, 5.74) is 5.01. The van der Waals surface area contributed by atoms with Crippen LogP contribution in [0.15, 0.2) is 77.7 Å². The highest BCUT2D eigenvalue weighted by molar-refractivity contribution is 7.92. The molecule has 3 aromatic carbocycles. The molecule has 7 nitrogen and oxygen atoms in total. The Morgan fingerprint density at radius 2 is 1.43 bits per heavy atom. The Morgan fingerprint density at radius 3 is 2.13 bits per heavy atom. The number of hydrazine groups is 1. The van der Waals surface area contributed by atoms with E-state index in [9.17, 15) is 18.0 Å². The molecular formula is C20H15Cl2N3O4S. The second-order valence-electron chi connectivity index (χ2n) is 6.03. The average Bonchev–Trinajstić information content (AvgIpc) is 2.73. The molecule has 30 heavy (non-hydrogen) atoms. The van der Waals surface area contributed by atoms with Gasteiger partial charge in [-0.25, -0.2) is 8.42 Å². The molecule has 10 heteroatoms. The Bertz CT molecular complexity index is 1200. The zero-order valence-corrected chi connectivity index (χ0v) is 17.6. The van der Waals surface area contributed by atoms with Crippen molar-refractivity contribution < 1.29 is 18.0 Å². The van der Waals surface area contributed by atoms with Gasteiger partial charge in [-0.1, -0.05) is 41.4 Å². The summed E-state index contributed by atoms with van der Waals surface area (Å²) < 4.78 is 27.6. The van der Waals surface area contributed by atoms with Gasteiger partial charge in [0.2, 0.25) is 0 Å². The molecule has 0 spiro atoms. The summed E-state index contributed by atoms with van der Waals surface area (Å²) in [5.74, 6) is -1.30. The highest BCUT2D eigenvalue weighted by Crippen LogP contribution is 2.19. The van der Waals surface area contributed by atoms with Gasteiger partial charge in [-0.05, 0) is 54.6 Å². The zero-order valence-electron chi connectivity index (χ0n) is 15.2. The van der Waals surface area contributed by atoms with E-state index in [0.29, 0.717) is 10.7 Å². The van der Waals surface area contributed by atoms with E-state index in [1.54, 1.807) is 30.3 Å². The molecule has 0 fully saturated rings. The van der Waals surface area contributed by atoms with Crippen LogP contribution in [0.25, 0.3) is 0 Å². The number of rotatable bonds is 5. The molecule has 0 bridgehead atoms. The van der Waals surface area contributed by atoms with Crippen molar-refractivity contribution in [1.82, 2.24) is 10.9 Å². The smallest absolute Gasteiger partial charge is 0.271 e. The number of carbonyl (C=O) groups is 2. The van der Waals surface area contributed by atoms with Crippen molar-refractivity contribution in [3.05, 3.63) is 94.0 Å². The molecule has 0 radical (unpaired) electrons. The predicted molar refractivity (Wildman–Crippen MR) is 115 cm³/mol. The largest absolute Gasteiger partial charge is 0.280 e. The molecule has 0 aromatic heterocycles. The third kappa shape index (κ3) is 5.29. The van der Waals surface area contributed by atoms with E-state index >= 15 is 0 Å². The summed E-state index contributed by atoms with van der Waals surface area (Å²) >= 11 is 11.7. The lowest BCUT2D eigenvalue weighted by molar-refractivity contribution is 0.0846. The second kappa shape index (κ2) is 9.17. The Balaban J connectivity index is 1.71. The van der Waals surface area contributed by atoms with Gasteiger partial charge in [0, 0.05) is 16.3 Å². The first-order valence-electron chi connectivity index (χ1n) is 8.50. The molecule has 3 N–H and O–H groups in total. The molecule has 0 aliphatic heterocycles. The van der Waals surface area contributed by atoms with E-state index < -0.39 is 21.8 Å². The first-order valence-corrected chi connectivity index (χ1v) is 10.7. The maximum Gasteiger partial charge on any atom is 0.271 e. The number of benzene rings is 3. The van der Waals surface area contributed by atoms with Crippen LogP contribution in [0.3, 0.4) is 0 Å². The van der Waals surface area contributed by atoms with Gasteiger partial charge in [-0.15, -0.1) is 0 Å². The standard InChI is InChI=1S/C20H15Cl2N3O4S/c21-14-8-10-15(11-9-14)25-30(28,29)16-5-3-4-13(12-16)19(26)23-24-20(27)17-6-1-2-7-18(17)22/h1-12,25H,(H,23,26)(H,24,27). The summed E-state index contributed by atoms with van der Waals surface area (Å²) in [6.45, 7) is 0. The van der Waals surface area contributed by atoms with Crippen LogP contribution in [-0.4, -0.2) is 20.2 Å². The first-order chi connectivity index (χ1) is 14.3. The highest BCUT2D eigenvalue weighted by Gasteiger charge is 2.17. The topological polar surface area (TPSA) is 104 Å². The fraction of sp³-hybridized carbons (Fsp3) is 0. The van der Waals surface area contributed by atoms with Crippen LogP contribution >= 0.6 is 23.2 Å². The van der Waals surface area contributed by atoms with Crippen molar-refractivity contribution in [1.29, 1.82) is 0 Å². The molecule has 154 valence electrons. The van der Waals surface area contributed by atoms with Gasteiger partial charge in [0.1, 0.15) is 0 Å². The van der Waals surface area contributed by atoms with E-state index in [4.69, 9.17) is 23.2 Å². The number of hydrogen-bond donors (Lipinski definition) is 3. The number of nitrogens with one attached hydrogen (secondary N) is 3. The zero-order chi connectivity index (χ0) is 21.7. The van der Waals surface area contributed by atoms with Gasteiger partial charge in [0.25, 0.3) is 21.8 Å². The number of amides is 2. The molecule has 0 saturated carbocycles. The predicted octanol–water partition coefficient (Wildman–Crippen LogP) is 3.87.